The van der Waals surface area contributed by atoms with Gasteiger partial charge in [-0.2, -0.15) is 0 Å². The number of benzene rings is 3. The van der Waals surface area contributed by atoms with E-state index in [-0.39, 0.29) is 0 Å². The molecule has 0 saturated heterocycles. The number of hydrogen-bond acceptors (Lipinski definition) is 0. The van der Waals surface area contributed by atoms with Crippen LogP contribution in [0.4, 0.5) is 0 Å². The number of rotatable bonds is 5. The molecule has 1 heterocycles. The molecule has 0 spiro atoms. The zero-order valence-electron chi connectivity index (χ0n) is 16.5. The molecule has 3 aromatic carbocycles. The summed E-state index contributed by atoms with van der Waals surface area (Å²) >= 11 is 0.291. The standard InChI is InChI=1S/C27H25Se/c1-3-20-10-14-23(15-11-20)26-18-25(22-8-6-5-7-9-22)19-27(28-26)24-16-12-21(4-2)13-17-24/h5-19H,3-4H2,1-2H3/q+1. The van der Waals surface area contributed by atoms with Crippen LogP contribution in [0.5, 0.6) is 0 Å². The van der Waals surface area contributed by atoms with E-state index in [4.69, 9.17) is 0 Å². The predicted molar refractivity (Wildman–Crippen MR) is 123 cm³/mol. The van der Waals surface area contributed by atoms with Crippen LogP contribution in [0.15, 0.2) is 91.0 Å². The fourth-order valence-electron chi connectivity index (χ4n) is 3.39. The minimum atomic E-state index is 0.291. The summed E-state index contributed by atoms with van der Waals surface area (Å²) in [4.78, 5) is 0. The van der Waals surface area contributed by atoms with Gasteiger partial charge < -0.3 is 0 Å². The van der Waals surface area contributed by atoms with Crippen LogP contribution < -0.4 is 0 Å². The second kappa shape index (κ2) is 8.69. The summed E-state index contributed by atoms with van der Waals surface area (Å²) in [6.07, 6.45) is 2.17. The molecule has 0 fully saturated rings. The second-order valence-corrected chi connectivity index (χ2v) is 9.32. The van der Waals surface area contributed by atoms with Crippen molar-refractivity contribution >= 4 is 14.5 Å². The van der Waals surface area contributed by atoms with E-state index in [1.807, 2.05) is 0 Å². The third-order valence-electron chi connectivity index (χ3n) is 5.19. The van der Waals surface area contributed by atoms with Gasteiger partial charge in [0.2, 0.25) is 0 Å². The van der Waals surface area contributed by atoms with Crippen molar-refractivity contribution in [2.75, 3.05) is 0 Å². The van der Waals surface area contributed by atoms with Crippen LogP contribution in [0.3, 0.4) is 0 Å². The molecule has 1 aromatic heterocycles. The minimum absolute atomic E-state index is 0.291. The van der Waals surface area contributed by atoms with Gasteiger partial charge in [0.15, 0.2) is 0 Å². The second-order valence-electron chi connectivity index (χ2n) is 7.04. The van der Waals surface area contributed by atoms with Crippen molar-refractivity contribution < 1.29 is 0 Å². The first-order valence-corrected chi connectivity index (χ1v) is 11.7. The molecule has 28 heavy (non-hydrogen) atoms. The van der Waals surface area contributed by atoms with E-state index in [2.05, 4.69) is 105 Å². The Morgan fingerprint density at radius 2 is 0.964 bits per heavy atom. The Kier molecular flexibility index (Phi) is 5.86. The summed E-state index contributed by atoms with van der Waals surface area (Å²) in [5.41, 5.74) is 8.07. The maximum atomic E-state index is 2.39. The molecule has 0 aliphatic carbocycles. The van der Waals surface area contributed by atoms with E-state index < -0.39 is 0 Å². The van der Waals surface area contributed by atoms with Crippen molar-refractivity contribution in [1.29, 1.82) is 0 Å². The van der Waals surface area contributed by atoms with Gasteiger partial charge >= 0.3 is 174 Å². The first kappa shape index (κ1) is 18.9. The Morgan fingerprint density at radius 1 is 0.500 bits per heavy atom. The van der Waals surface area contributed by atoms with Gasteiger partial charge in [-0.05, 0) is 0 Å². The maximum absolute atomic E-state index is 2.39. The van der Waals surface area contributed by atoms with Gasteiger partial charge in [0.25, 0.3) is 0 Å². The van der Waals surface area contributed by atoms with Gasteiger partial charge in [0, 0.05) is 0 Å². The fraction of sp³-hybridized carbons (Fsp3) is 0.148. The summed E-state index contributed by atoms with van der Waals surface area (Å²) in [5.74, 6) is 0. The topological polar surface area (TPSA) is 0 Å². The molecule has 0 amide bonds. The van der Waals surface area contributed by atoms with E-state index >= 15 is 0 Å². The van der Waals surface area contributed by atoms with Crippen molar-refractivity contribution in [2.24, 2.45) is 0 Å². The molecular formula is C27H25Se+. The van der Waals surface area contributed by atoms with Crippen LogP contribution >= 0.6 is 0 Å². The Morgan fingerprint density at radius 3 is 1.39 bits per heavy atom. The molecule has 138 valence electrons. The van der Waals surface area contributed by atoms with Gasteiger partial charge in [-0.15, -0.1) is 0 Å². The van der Waals surface area contributed by atoms with Gasteiger partial charge in [0.1, 0.15) is 0 Å². The molecule has 0 bridgehead atoms. The molecule has 0 N–H and O–H groups in total. The summed E-state index contributed by atoms with van der Waals surface area (Å²) in [5, 5.41) is 0. The predicted octanol–water partition coefficient (Wildman–Crippen LogP) is 7.15. The molecular weight excluding hydrogens is 403 g/mol. The van der Waals surface area contributed by atoms with E-state index in [0.717, 1.165) is 12.8 Å². The van der Waals surface area contributed by atoms with Crippen LogP contribution in [0, 0.1) is 0 Å². The third-order valence-corrected chi connectivity index (χ3v) is 7.60. The molecule has 4 aromatic rings. The molecule has 0 aliphatic heterocycles. The molecule has 0 atom stereocenters. The molecule has 0 saturated carbocycles. The Hall–Kier alpha value is -2.47. The molecule has 0 unspecified atom stereocenters. The van der Waals surface area contributed by atoms with Gasteiger partial charge in [-0.25, -0.2) is 0 Å². The number of aryl methyl sites for hydroxylation is 2. The quantitative estimate of drug-likeness (QED) is 0.296. The SMILES string of the molecule is CCc1ccc(-c2cc(-c3ccccc3)cc(-c3ccc(CC)cc3)[se+]2)cc1. The van der Waals surface area contributed by atoms with E-state index in [0.29, 0.717) is 14.5 Å². The average molecular weight is 428 g/mol. The van der Waals surface area contributed by atoms with E-state index in [1.54, 1.807) is 0 Å². The Labute approximate surface area is 174 Å². The first-order valence-electron chi connectivity index (χ1n) is 9.99. The number of hydrogen-bond donors (Lipinski definition) is 0. The fourth-order valence-corrected chi connectivity index (χ4v) is 5.74. The third kappa shape index (κ3) is 4.17. The average Bonchev–Trinajstić information content (AvgIpc) is 2.79. The molecule has 0 nitrogen and oxygen atoms in total. The van der Waals surface area contributed by atoms with E-state index in [9.17, 15) is 0 Å². The van der Waals surface area contributed by atoms with Crippen molar-refractivity contribution in [3.63, 3.8) is 0 Å². The van der Waals surface area contributed by atoms with Crippen LogP contribution in [-0.4, -0.2) is 14.5 Å². The van der Waals surface area contributed by atoms with Gasteiger partial charge in [-0.3, -0.25) is 0 Å². The molecule has 4 rings (SSSR count). The van der Waals surface area contributed by atoms with Crippen LogP contribution in [0.25, 0.3) is 31.1 Å². The Balaban J connectivity index is 1.84. The van der Waals surface area contributed by atoms with Crippen LogP contribution in [0.1, 0.15) is 25.0 Å². The summed E-state index contributed by atoms with van der Waals surface area (Å²) in [7, 11) is 0. The summed E-state index contributed by atoms with van der Waals surface area (Å²) in [6.45, 7) is 4.42. The summed E-state index contributed by atoms with van der Waals surface area (Å²) < 4.78 is 2.90. The normalized spacial score (nSPS) is 10.8. The van der Waals surface area contributed by atoms with Crippen molar-refractivity contribution in [2.45, 2.75) is 26.7 Å². The van der Waals surface area contributed by atoms with Crippen molar-refractivity contribution in [3.05, 3.63) is 102 Å². The first-order chi connectivity index (χ1) is 13.8. The van der Waals surface area contributed by atoms with Crippen LogP contribution in [0.2, 0.25) is 0 Å². The molecule has 0 aliphatic rings. The molecule has 0 radical (unpaired) electrons. The Bertz CT molecular complexity index is 980. The monoisotopic (exact) mass is 429 g/mol. The zero-order valence-corrected chi connectivity index (χ0v) is 18.2. The van der Waals surface area contributed by atoms with Gasteiger partial charge in [0.05, 0.1) is 0 Å². The zero-order chi connectivity index (χ0) is 19.3. The van der Waals surface area contributed by atoms with Crippen molar-refractivity contribution in [3.8, 4) is 31.1 Å². The van der Waals surface area contributed by atoms with E-state index in [1.165, 1.54) is 42.3 Å². The van der Waals surface area contributed by atoms with Crippen molar-refractivity contribution in [1.82, 2.24) is 0 Å². The van der Waals surface area contributed by atoms with Gasteiger partial charge in [-0.1, -0.05) is 0 Å². The van der Waals surface area contributed by atoms with Crippen LogP contribution in [-0.2, 0) is 12.8 Å². The summed E-state index contributed by atoms with van der Waals surface area (Å²) in [6, 6.07) is 33.7. The molecule has 1 heteroatoms.